The third-order valence-corrected chi connectivity index (χ3v) is 4.47. The number of fused-ring (bicyclic) bond motifs is 1. The van der Waals surface area contributed by atoms with Crippen LogP contribution in [0.25, 0.3) is 11.3 Å². The Morgan fingerprint density at radius 1 is 1.12 bits per heavy atom. The molecule has 0 amide bonds. The molecular weight excluding hydrogens is 331 g/mol. The third kappa shape index (κ3) is 3.53. The number of benzene rings is 2. The average molecular weight is 350 g/mol. The number of hydrogen-bond acceptors (Lipinski definition) is 4. The number of aromatic hydroxyl groups is 1. The molecule has 0 fully saturated rings. The number of aromatic nitrogens is 1. The summed E-state index contributed by atoms with van der Waals surface area (Å²) in [4.78, 5) is 6.58. The van der Waals surface area contributed by atoms with Gasteiger partial charge in [-0.05, 0) is 42.0 Å². The van der Waals surface area contributed by atoms with Gasteiger partial charge in [-0.2, -0.15) is 0 Å². The first kappa shape index (κ1) is 16.5. The lowest BCUT2D eigenvalue weighted by Gasteiger charge is -2.19. The highest BCUT2D eigenvalue weighted by atomic mass is 19.1. The van der Waals surface area contributed by atoms with Gasteiger partial charge in [0.15, 0.2) is 11.5 Å². The molecule has 0 aliphatic carbocycles. The van der Waals surface area contributed by atoms with Crippen molar-refractivity contribution in [2.24, 2.45) is 0 Å². The van der Waals surface area contributed by atoms with Gasteiger partial charge < -0.3 is 9.84 Å². The highest BCUT2D eigenvalue weighted by Crippen LogP contribution is 2.37. The van der Waals surface area contributed by atoms with Gasteiger partial charge in [-0.25, -0.2) is 4.39 Å². The van der Waals surface area contributed by atoms with Crippen LogP contribution in [0.15, 0.2) is 60.8 Å². The zero-order valence-corrected chi connectivity index (χ0v) is 14.2. The van der Waals surface area contributed by atoms with E-state index in [2.05, 4.69) is 9.88 Å². The van der Waals surface area contributed by atoms with Crippen molar-refractivity contribution in [1.29, 1.82) is 0 Å². The van der Waals surface area contributed by atoms with Crippen LogP contribution in [-0.2, 0) is 13.1 Å². The number of ether oxygens (including phenoxy) is 1. The molecule has 1 aliphatic rings. The molecule has 3 aromatic rings. The topological polar surface area (TPSA) is 45.6 Å². The normalized spacial score (nSPS) is 14.3. The summed E-state index contributed by atoms with van der Waals surface area (Å²) >= 11 is 0. The van der Waals surface area contributed by atoms with E-state index in [4.69, 9.17) is 4.74 Å². The zero-order chi connectivity index (χ0) is 17.9. The molecule has 1 N–H and O–H groups in total. The van der Waals surface area contributed by atoms with Crippen molar-refractivity contribution in [1.82, 2.24) is 9.88 Å². The second-order valence-corrected chi connectivity index (χ2v) is 6.38. The van der Waals surface area contributed by atoms with Crippen molar-refractivity contribution >= 4 is 0 Å². The fraction of sp³-hybridized carbons (Fsp3) is 0.190. The Bertz CT molecular complexity index is 898. The third-order valence-electron chi connectivity index (χ3n) is 4.47. The monoisotopic (exact) mass is 350 g/mol. The Balaban J connectivity index is 1.62. The standard InChI is InChI=1S/C21H19FN2O2/c22-18-6-4-15(5-7-18)13-24-9-10-26-21-17(14-24)11-16(12-20(21)25)19-3-1-2-8-23-19/h1-8,11-12,25H,9-10,13-14H2. The summed E-state index contributed by atoms with van der Waals surface area (Å²) in [5.74, 6) is 0.432. The minimum atomic E-state index is -0.233. The molecule has 0 spiro atoms. The number of hydrogen-bond donors (Lipinski definition) is 1. The molecule has 4 rings (SSSR count). The zero-order valence-electron chi connectivity index (χ0n) is 14.2. The van der Waals surface area contributed by atoms with Crippen LogP contribution in [0, 0.1) is 5.82 Å². The average Bonchev–Trinajstić information content (AvgIpc) is 2.86. The lowest BCUT2D eigenvalue weighted by molar-refractivity contribution is 0.217. The van der Waals surface area contributed by atoms with Crippen molar-refractivity contribution < 1.29 is 14.2 Å². The van der Waals surface area contributed by atoms with Gasteiger partial charge in [0.1, 0.15) is 12.4 Å². The number of halogens is 1. The molecular formula is C21H19FN2O2. The predicted octanol–water partition coefficient (Wildman–Crippen LogP) is 3.99. The number of phenolic OH excluding ortho intramolecular Hbond substituents is 1. The van der Waals surface area contributed by atoms with Crippen molar-refractivity contribution in [3.05, 3.63) is 77.7 Å². The Hall–Kier alpha value is -2.92. The lowest BCUT2D eigenvalue weighted by Crippen LogP contribution is -2.25. The molecule has 132 valence electrons. The molecule has 0 saturated carbocycles. The van der Waals surface area contributed by atoms with Gasteiger partial charge in [-0.1, -0.05) is 18.2 Å². The number of rotatable bonds is 3. The molecule has 0 saturated heterocycles. The van der Waals surface area contributed by atoms with Gasteiger partial charge in [0.2, 0.25) is 0 Å². The molecule has 5 heteroatoms. The van der Waals surface area contributed by atoms with Crippen LogP contribution in [0.2, 0.25) is 0 Å². The van der Waals surface area contributed by atoms with Gasteiger partial charge in [0, 0.05) is 37.0 Å². The minimum Gasteiger partial charge on any atom is -0.504 e. The predicted molar refractivity (Wildman–Crippen MR) is 97.3 cm³/mol. The first-order chi connectivity index (χ1) is 12.7. The van der Waals surface area contributed by atoms with E-state index in [0.717, 1.165) is 28.9 Å². The van der Waals surface area contributed by atoms with Crippen molar-refractivity contribution in [3.63, 3.8) is 0 Å². The fourth-order valence-corrected chi connectivity index (χ4v) is 3.22. The molecule has 0 unspecified atom stereocenters. The van der Waals surface area contributed by atoms with E-state index in [9.17, 15) is 9.50 Å². The number of phenols is 1. The van der Waals surface area contributed by atoms with Crippen LogP contribution >= 0.6 is 0 Å². The SMILES string of the molecule is Oc1cc(-c2ccccn2)cc2c1OCCN(Cc1ccc(F)cc1)C2. The molecule has 26 heavy (non-hydrogen) atoms. The smallest absolute Gasteiger partial charge is 0.165 e. The quantitative estimate of drug-likeness (QED) is 0.776. The van der Waals surface area contributed by atoms with Gasteiger partial charge >= 0.3 is 0 Å². The Morgan fingerprint density at radius 2 is 1.96 bits per heavy atom. The summed E-state index contributed by atoms with van der Waals surface area (Å²) in [6.45, 7) is 2.55. The largest absolute Gasteiger partial charge is 0.504 e. The maximum atomic E-state index is 13.1. The van der Waals surface area contributed by atoms with Crippen molar-refractivity contribution in [2.45, 2.75) is 13.1 Å². The maximum Gasteiger partial charge on any atom is 0.165 e. The molecule has 2 aromatic carbocycles. The van der Waals surface area contributed by atoms with E-state index in [1.165, 1.54) is 12.1 Å². The highest BCUT2D eigenvalue weighted by molar-refractivity contribution is 5.66. The second kappa shape index (κ2) is 7.14. The second-order valence-electron chi connectivity index (χ2n) is 6.38. The molecule has 0 radical (unpaired) electrons. The van der Waals surface area contributed by atoms with E-state index < -0.39 is 0 Å². The van der Waals surface area contributed by atoms with E-state index in [1.807, 2.05) is 24.3 Å². The van der Waals surface area contributed by atoms with Gasteiger partial charge in [-0.15, -0.1) is 0 Å². The summed E-state index contributed by atoms with van der Waals surface area (Å²) in [5.41, 5.74) is 3.62. The molecule has 1 aromatic heterocycles. The summed E-state index contributed by atoms with van der Waals surface area (Å²) in [6.07, 6.45) is 1.73. The van der Waals surface area contributed by atoms with E-state index in [1.54, 1.807) is 24.4 Å². The van der Waals surface area contributed by atoms with Gasteiger partial charge in [0.25, 0.3) is 0 Å². The molecule has 4 nitrogen and oxygen atoms in total. The van der Waals surface area contributed by atoms with Crippen molar-refractivity contribution in [3.8, 4) is 22.8 Å². The molecule has 0 atom stereocenters. The summed E-state index contributed by atoms with van der Waals surface area (Å²) in [5, 5.41) is 10.4. The van der Waals surface area contributed by atoms with E-state index in [-0.39, 0.29) is 11.6 Å². The van der Waals surface area contributed by atoms with Crippen LogP contribution in [0.3, 0.4) is 0 Å². The Labute approximate surface area is 151 Å². The van der Waals surface area contributed by atoms with Crippen LogP contribution in [0.1, 0.15) is 11.1 Å². The summed E-state index contributed by atoms with van der Waals surface area (Å²) < 4.78 is 18.9. The van der Waals surface area contributed by atoms with Crippen LogP contribution < -0.4 is 4.74 Å². The Kier molecular flexibility index (Phi) is 4.54. The summed E-state index contributed by atoms with van der Waals surface area (Å²) in [7, 11) is 0. The molecule has 2 heterocycles. The number of nitrogens with zero attached hydrogens (tertiary/aromatic N) is 2. The van der Waals surface area contributed by atoms with Gasteiger partial charge in [0.05, 0.1) is 5.69 Å². The van der Waals surface area contributed by atoms with Gasteiger partial charge in [-0.3, -0.25) is 9.88 Å². The highest BCUT2D eigenvalue weighted by Gasteiger charge is 2.20. The lowest BCUT2D eigenvalue weighted by atomic mass is 10.0. The molecule has 1 aliphatic heterocycles. The first-order valence-electron chi connectivity index (χ1n) is 8.56. The fourth-order valence-electron chi connectivity index (χ4n) is 3.22. The first-order valence-corrected chi connectivity index (χ1v) is 8.56. The number of pyridine rings is 1. The minimum absolute atomic E-state index is 0.131. The van der Waals surface area contributed by atoms with Crippen molar-refractivity contribution in [2.75, 3.05) is 13.2 Å². The molecule has 0 bridgehead atoms. The van der Waals surface area contributed by atoms with E-state index in [0.29, 0.717) is 25.4 Å². The summed E-state index contributed by atoms with van der Waals surface area (Å²) in [6, 6.07) is 15.9. The van der Waals surface area contributed by atoms with Crippen LogP contribution in [0.5, 0.6) is 11.5 Å². The Morgan fingerprint density at radius 3 is 2.73 bits per heavy atom. The van der Waals surface area contributed by atoms with Crippen LogP contribution in [-0.4, -0.2) is 28.1 Å². The van der Waals surface area contributed by atoms with E-state index >= 15 is 0 Å². The maximum absolute atomic E-state index is 13.1. The van der Waals surface area contributed by atoms with Crippen LogP contribution in [0.4, 0.5) is 4.39 Å².